The lowest BCUT2D eigenvalue weighted by Gasteiger charge is -2.38. The van der Waals surface area contributed by atoms with Crippen molar-refractivity contribution in [3.63, 3.8) is 0 Å². The van der Waals surface area contributed by atoms with Crippen LogP contribution in [0.2, 0.25) is 0 Å². The van der Waals surface area contributed by atoms with Gasteiger partial charge in [-0.2, -0.15) is 4.98 Å². The number of ether oxygens (including phenoxy) is 1. The number of fused-ring (bicyclic) bond motifs is 2. The molecule has 2 aliphatic heterocycles. The van der Waals surface area contributed by atoms with Crippen molar-refractivity contribution in [2.24, 2.45) is 5.73 Å². The molecule has 0 radical (unpaired) electrons. The average molecular weight is 403 g/mol. The summed E-state index contributed by atoms with van der Waals surface area (Å²) in [6, 6.07) is 13.9. The fraction of sp³-hybridized carbons (Fsp3) is 0.348. The zero-order valence-electron chi connectivity index (χ0n) is 17.0. The molecule has 1 saturated heterocycles. The molecule has 0 spiro atoms. The van der Waals surface area contributed by atoms with Crippen LogP contribution in [0.5, 0.6) is 0 Å². The highest BCUT2D eigenvalue weighted by Crippen LogP contribution is 2.28. The first kappa shape index (κ1) is 19.0. The van der Waals surface area contributed by atoms with Gasteiger partial charge >= 0.3 is 0 Å². The quantitative estimate of drug-likeness (QED) is 0.692. The van der Waals surface area contributed by atoms with E-state index in [0.29, 0.717) is 45.2 Å². The number of nitrogens with two attached hydrogens (primary N) is 1. The summed E-state index contributed by atoms with van der Waals surface area (Å²) in [7, 11) is 0. The Labute approximate surface area is 175 Å². The zero-order valence-corrected chi connectivity index (χ0v) is 17.0. The van der Waals surface area contributed by atoms with Gasteiger partial charge in [0, 0.05) is 37.0 Å². The number of aryl methyl sites for hydroxylation is 1. The molecular formula is C23H25N5O2. The third kappa shape index (κ3) is 3.51. The van der Waals surface area contributed by atoms with Gasteiger partial charge in [0.05, 0.1) is 24.3 Å². The maximum atomic E-state index is 12.5. The van der Waals surface area contributed by atoms with Gasteiger partial charge < -0.3 is 20.7 Å². The zero-order chi connectivity index (χ0) is 20.7. The highest BCUT2D eigenvalue weighted by Gasteiger charge is 2.34. The molecule has 3 aromatic rings. The maximum absolute atomic E-state index is 12.5. The minimum absolute atomic E-state index is 0.165. The SMILES string of the molecule is Cc1ccc2nc(N3CCC(=O)c4ccccc4C3)nc(NCC3(N)COC3)c2c1. The van der Waals surface area contributed by atoms with Gasteiger partial charge in [0.15, 0.2) is 5.78 Å². The molecule has 30 heavy (non-hydrogen) atoms. The summed E-state index contributed by atoms with van der Waals surface area (Å²) in [5, 5.41) is 4.40. The van der Waals surface area contributed by atoms with Crippen LogP contribution in [-0.4, -0.2) is 47.6 Å². The van der Waals surface area contributed by atoms with Crippen LogP contribution >= 0.6 is 0 Å². The topological polar surface area (TPSA) is 93.4 Å². The molecule has 0 aliphatic carbocycles. The number of hydrogen-bond donors (Lipinski definition) is 2. The number of hydrogen-bond acceptors (Lipinski definition) is 7. The number of benzene rings is 2. The molecule has 1 aromatic heterocycles. The van der Waals surface area contributed by atoms with Crippen molar-refractivity contribution >= 4 is 28.5 Å². The summed E-state index contributed by atoms with van der Waals surface area (Å²) in [4.78, 5) is 24.3. The third-order valence-electron chi connectivity index (χ3n) is 5.80. The fourth-order valence-electron chi connectivity index (χ4n) is 3.99. The highest BCUT2D eigenvalue weighted by atomic mass is 16.5. The summed E-state index contributed by atoms with van der Waals surface area (Å²) < 4.78 is 5.27. The Morgan fingerprint density at radius 3 is 2.83 bits per heavy atom. The first-order valence-electron chi connectivity index (χ1n) is 10.3. The number of rotatable bonds is 4. The molecular weight excluding hydrogens is 378 g/mol. The van der Waals surface area contributed by atoms with Crippen LogP contribution in [0, 0.1) is 6.92 Å². The van der Waals surface area contributed by atoms with Crippen LogP contribution in [0.3, 0.4) is 0 Å². The normalized spacial score (nSPS) is 17.9. The van der Waals surface area contributed by atoms with Gasteiger partial charge in [0.25, 0.3) is 0 Å². The molecule has 7 heteroatoms. The van der Waals surface area contributed by atoms with Gasteiger partial charge in [-0.1, -0.05) is 35.9 Å². The Hall–Kier alpha value is -3.03. The van der Waals surface area contributed by atoms with Gasteiger partial charge in [-0.3, -0.25) is 4.79 Å². The number of nitrogens with zero attached hydrogens (tertiary/aromatic N) is 3. The second-order valence-corrected chi connectivity index (χ2v) is 8.35. The van der Waals surface area contributed by atoms with Gasteiger partial charge in [-0.15, -0.1) is 0 Å². The number of aromatic nitrogens is 2. The second-order valence-electron chi connectivity index (χ2n) is 8.35. The fourth-order valence-corrected chi connectivity index (χ4v) is 3.99. The number of carbonyl (C=O) groups is 1. The molecule has 2 aromatic carbocycles. The van der Waals surface area contributed by atoms with E-state index in [0.717, 1.165) is 33.4 Å². The monoisotopic (exact) mass is 403 g/mol. The summed E-state index contributed by atoms with van der Waals surface area (Å²) in [6.07, 6.45) is 0.443. The van der Waals surface area contributed by atoms with Gasteiger partial charge in [-0.05, 0) is 24.6 Å². The molecule has 0 bridgehead atoms. The van der Waals surface area contributed by atoms with Gasteiger partial charge in [0.2, 0.25) is 5.95 Å². The van der Waals surface area contributed by atoms with Crippen molar-refractivity contribution < 1.29 is 9.53 Å². The molecule has 5 rings (SSSR count). The number of carbonyl (C=O) groups excluding carboxylic acids is 1. The Morgan fingerprint density at radius 2 is 2.03 bits per heavy atom. The molecule has 0 unspecified atom stereocenters. The molecule has 0 amide bonds. The highest BCUT2D eigenvalue weighted by molar-refractivity contribution is 5.98. The van der Waals surface area contributed by atoms with Crippen LogP contribution in [0.15, 0.2) is 42.5 Å². The first-order valence-corrected chi connectivity index (χ1v) is 10.3. The Bertz CT molecular complexity index is 1130. The van der Waals surface area contributed by atoms with E-state index in [9.17, 15) is 4.79 Å². The van der Waals surface area contributed by atoms with Crippen LogP contribution in [0.1, 0.15) is 27.9 Å². The van der Waals surface area contributed by atoms with Crippen LogP contribution < -0.4 is 16.0 Å². The number of nitrogens with one attached hydrogen (secondary N) is 1. The molecule has 154 valence electrons. The van der Waals surface area contributed by atoms with E-state index >= 15 is 0 Å². The lowest BCUT2D eigenvalue weighted by molar-refractivity contribution is -0.0461. The third-order valence-corrected chi connectivity index (χ3v) is 5.80. The summed E-state index contributed by atoms with van der Waals surface area (Å²) in [5.41, 5.74) is 9.77. The largest absolute Gasteiger partial charge is 0.377 e. The molecule has 7 nitrogen and oxygen atoms in total. The van der Waals surface area contributed by atoms with E-state index in [2.05, 4.69) is 23.2 Å². The maximum Gasteiger partial charge on any atom is 0.228 e. The van der Waals surface area contributed by atoms with E-state index in [1.165, 1.54) is 0 Å². The average Bonchev–Trinajstić information content (AvgIpc) is 2.90. The standard InChI is InChI=1S/C23H25N5O2/c1-15-6-7-19-18(10-15)21(25-12-23(24)13-30-14-23)27-22(26-19)28-9-8-20(29)17-5-3-2-4-16(17)11-28/h2-7,10H,8-9,11-14,24H2,1H3,(H,25,26,27). The molecule has 3 heterocycles. The Morgan fingerprint density at radius 1 is 1.20 bits per heavy atom. The minimum Gasteiger partial charge on any atom is -0.377 e. The van der Waals surface area contributed by atoms with Crippen molar-refractivity contribution in [3.8, 4) is 0 Å². The first-order chi connectivity index (χ1) is 14.5. The second kappa shape index (κ2) is 7.34. The smallest absolute Gasteiger partial charge is 0.228 e. The number of Topliss-reactive ketones (excluding diaryl/α,β-unsaturated/α-hetero) is 1. The molecule has 0 atom stereocenters. The molecule has 2 aliphatic rings. The van der Waals surface area contributed by atoms with Crippen molar-refractivity contribution in [1.82, 2.24) is 9.97 Å². The van der Waals surface area contributed by atoms with Gasteiger partial charge in [-0.25, -0.2) is 4.98 Å². The predicted molar refractivity (Wildman–Crippen MR) is 117 cm³/mol. The van der Waals surface area contributed by atoms with E-state index < -0.39 is 0 Å². The van der Waals surface area contributed by atoms with E-state index in [4.69, 9.17) is 20.4 Å². The molecule has 1 fully saturated rings. The lowest BCUT2D eigenvalue weighted by atomic mass is 9.99. The van der Waals surface area contributed by atoms with Crippen molar-refractivity contribution in [1.29, 1.82) is 0 Å². The number of ketones is 1. The summed E-state index contributed by atoms with van der Waals surface area (Å²) in [6.45, 7) is 4.90. The summed E-state index contributed by atoms with van der Waals surface area (Å²) in [5.74, 6) is 1.55. The number of anilines is 2. The molecule has 0 saturated carbocycles. The minimum atomic E-state index is -0.366. The van der Waals surface area contributed by atoms with Crippen LogP contribution in [0.4, 0.5) is 11.8 Å². The van der Waals surface area contributed by atoms with Crippen LogP contribution in [-0.2, 0) is 11.3 Å². The van der Waals surface area contributed by atoms with Crippen molar-refractivity contribution in [3.05, 3.63) is 59.2 Å². The van der Waals surface area contributed by atoms with E-state index in [-0.39, 0.29) is 11.3 Å². The van der Waals surface area contributed by atoms with Crippen LogP contribution in [0.25, 0.3) is 10.9 Å². The lowest BCUT2D eigenvalue weighted by Crippen LogP contribution is -2.61. The van der Waals surface area contributed by atoms with Crippen molar-refractivity contribution in [2.75, 3.05) is 36.5 Å². The summed E-state index contributed by atoms with van der Waals surface area (Å²) >= 11 is 0. The van der Waals surface area contributed by atoms with Crippen molar-refractivity contribution in [2.45, 2.75) is 25.4 Å². The Balaban J connectivity index is 1.52. The molecule has 3 N–H and O–H groups in total. The van der Waals surface area contributed by atoms with E-state index in [1.54, 1.807) is 0 Å². The van der Waals surface area contributed by atoms with Gasteiger partial charge in [0.1, 0.15) is 5.82 Å². The Kier molecular flexibility index (Phi) is 4.64. The predicted octanol–water partition coefficient (Wildman–Crippen LogP) is 2.67. The van der Waals surface area contributed by atoms with E-state index in [1.807, 2.05) is 36.4 Å².